The standard InChI is InChI=1S/C30H34N6O6S/c1-4-18-15-19(16-20-17-31-29(35-27(18)20)32-21-9-11-22(12-10-21)33-30(37)38)23-13-14-26(34-28(23)42-3)36-43(39,40)25-8-6-5-7-24(25)41-2/h5-8,13-17,21-22,33H,4,9-12H2,1-3H3,(H,34,36)(H,37,38)(H,31,32,35). The maximum atomic E-state index is 13.1. The van der Waals surface area contributed by atoms with Gasteiger partial charge in [-0.05, 0) is 79.6 Å². The van der Waals surface area contributed by atoms with Gasteiger partial charge < -0.3 is 25.2 Å². The number of rotatable bonds is 10. The van der Waals surface area contributed by atoms with Gasteiger partial charge in [0, 0.05) is 29.2 Å². The number of sulfonamides is 1. The highest BCUT2D eigenvalue weighted by Crippen LogP contribution is 2.34. The van der Waals surface area contributed by atoms with Gasteiger partial charge in [0.2, 0.25) is 11.8 Å². The molecule has 4 aromatic rings. The first-order valence-corrected chi connectivity index (χ1v) is 15.5. The SMILES string of the molecule is CCc1cc(-c2ccc(NS(=O)(=O)c3ccccc3OC)nc2OC)cc2cnc(NC3CCC(NC(=O)O)CC3)nc12. The predicted octanol–water partition coefficient (Wildman–Crippen LogP) is 5.06. The Kier molecular flexibility index (Phi) is 8.81. The Morgan fingerprint density at radius 2 is 1.74 bits per heavy atom. The zero-order chi connectivity index (χ0) is 30.6. The fourth-order valence-electron chi connectivity index (χ4n) is 5.36. The van der Waals surface area contributed by atoms with Gasteiger partial charge in [-0.2, -0.15) is 4.98 Å². The van der Waals surface area contributed by atoms with E-state index in [1.54, 1.807) is 36.5 Å². The molecule has 1 aliphatic carbocycles. The number of amides is 1. The lowest BCUT2D eigenvalue weighted by Gasteiger charge is -2.28. The maximum absolute atomic E-state index is 13.1. The minimum atomic E-state index is -3.96. The number of hydrogen-bond donors (Lipinski definition) is 4. The van der Waals surface area contributed by atoms with Crippen molar-refractivity contribution in [2.24, 2.45) is 0 Å². The number of anilines is 2. The van der Waals surface area contributed by atoms with Crippen LogP contribution in [-0.2, 0) is 16.4 Å². The number of nitrogens with one attached hydrogen (secondary N) is 3. The Labute approximate surface area is 249 Å². The zero-order valence-electron chi connectivity index (χ0n) is 24.1. The van der Waals surface area contributed by atoms with Crippen LogP contribution in [0.25, 0.3) is 22.0 Å². The normalized spacial score (nSPS) is 16.8. The van der Waals surface area contributed by atoms with Crippen molar-refractivity contribution in [3.8, 4) is 22.8 Å². The van der Waals surface area contributed by atoms with Crippen molar-refractivity contribution < 1.29 is 27.8 Å². The molecule has 0 unspecified atom stereocenters. The lowest BCUT2D eigenvalue weighted by molar-refractivity contribution is 0.185. The zero-order valence-corrected chi connectivity index (χ0v) is 24.9. The first-order chi connectivity index (χ1) is 20.7. The number of carboxylic acid groups (broad SMARTS) is 1. The number of aromatic nitrogens is 3. The highest BCUT2D eigenvalue weighted by Gasteiger charge is 2.24. The Morgan fingerprint density at radius 1 is 1.00 bits per heavy atom. The molecule has 1 fully saturated rings. The van der Waals surface area contributed by atoms with E-state index in [1.807, 2.05) is 12.1 Å². The number of aryl methyl sites for hydroxylation is 1. The minimum absolute atomic E-state index is 0.00111. The summed E-state index contributed by atoms with van der Waals surface area (Å²) in [7, 11) is -1.07. The van der Waals surface area contributed by atoms with Gasteiger partial charge in [0.05, 0.1) is 19.7 Å². The maximum Gasteiger partial charge on any atom is 0.404 e. The van der Waals surface area contributed by atoms with Crippen LogP contribution in [0.2, 0.25) is 0 Å². The van der Waals surface area contributed by atoms with E-state index in [0.717, 1.165) is 54.1 Å². The summed E-state index contributed by atoms with van der Waals surface area (Å²) in [5, 5.41) is 15.8. The number of hydrogen-bond acceptors (Lipinski definition) is 9. The van der Waals surface area contributed by atoms with Crippen LogP contribution in [0.5, 0.6) is 11.6 Å². The van der Waals surface area contributed by atoms with Gasteiger partial charge in [0.15, 0.2) is 0 Å². The van der Waals surface area contributed by atoms with E-state index >= 15 is 0 Å². The van der Waals surface area contributed by atoms with Crippen molar-refractivity contribution in [3.63, 3.8) is 0 Å². The Morgan fingerprint density at radius 3 is 2.44 bits per heavy atom. The molecule has 4 N–H and O–H groups in total. The Bertz CT molecular complexity index is 1740. The van der Waals surface area contributed by atoms with Crippen LogP contribution in [0.3, 0.4) is 0 Å². The fraction of sp³-hybridized carbons (Fsp3) is 0.333. The molecule has 5 rings (SSSR count). The van der Waals surface area contributed by atoms with Gasteiger partial charge in [0.1, 0.15) is 16.5 Å². The fourth-order valence-corrected chi connectivity index (χ4v) is 6.53. The van der Waals surface area contributed by atoms with Crippen molar-refractivity contribution in [1.29, 1.82) is 0 Å². The molecule has 12 nitrogen and oxygen atoms in total. The summed E-state index contributed by atoms with van der Waals surface area (Å²) in [6.07, 6.45) is 4.68. The highest BCUT2D eigenvalue weighted by molar-refractivity contribution is 7.92. The van der Waals surface area contributed by atoms with Crippen molar-refractivity contribution >= 4 is 38.8 Å². The number of pyridine rings is 1. The second kappa shape index (κ2) is 12.7. The van der Waals surface area contributed by atoms with E-state index in [-0.39, 0.29) is 34.4 Å². The van der Waals surface area contributed by atoms with Gasteiger partial charge in [0.25, 0.3) is 10.0 Å². The molecule has 1 amide bonds. The quantitative estimate of drug-likeness (QED) is 0.192. The third-order valence-corrected chi connectivity index (χ3v) is 8.89. The molecule has 0 aliphatic heterocycles. The van der Waals surface area contributed by atoms with E-state index in [2.05, 4.69) is 32.2 Å². The molecule has 1 saturated carbocycles. The summed E-state index contributed by atoms with van der Waals surface area (Å²) in [4.78, 5) is 24.7. The highest BCUT2D eigenvalue weighted by atomic mass is 32.2. The van der Waals surface area contributed by atoms with Crippen LogP contribution in [0.4, 0.5) is 16.6 Å². The Balaban J connectivity index is 1.38. The molecule has 43 heavy (non-hydrogen) atoms. The first kappa shape index (κ1) is 29.8. The molecule has 2 aromatic heterocycles. The number of ether oxygens (including phenoxy) is 2. The minimum Gasteiger partial charge on any atom is -0.495 e. The van der Waals surface area contributed by atoms with E-state index in [0.29, 0.717) is 11.5 Å². The monoisotopic (exact) mass is 606 g/mol. The van der Waals surface area contributed by atoms with Crippen LogP contribution in [0, 0.1) is 0 Å². The molecule has 0 saturated heterocycles. The number of fused-ring (bicyclic) bond motifs is 1. The lowest BCUT2D eigenvalue weighted by Crippen LogP contribution is -2.39. The van der Waals surface area contributed by atoms with Crippen molar-refractivity contribution in [1.82, 2.24) is 20.3 Å². The largest absolute Gasteiger partial charge is 0.495 e. The third kappa shape index (κ3) is 6.72. The van der Waals surface area contributed by atoms with Crippen molar-refractivity contribution in [2.45, 2.75) is 56.0 Å². The molecule has 2 heterocycles. The lowest BCUT2D eigenvalue weighted by atomic mass is 9.91. The van der Waals surface area contributed by atoms with E-state index in [1.165, 1.54) is 20.3 Å². The molecular weight excluding hydrogens is 572 g/mol. The van der Waals surface area contributed by atoms with Gasteiger partial charge in [-0.1, -0.05) is 19.1 Å². The summed E-state index contributed by atoms with van der Waals surface area (Å²) < 4.78 is 39.4. The average Bonchev–Trinajstić information content (AvgIpc) is 3.01. The van der Waals surface area contributed by atoms with Crippen LogP contribution in [-0.4, -0.2) is 60.9 Å². The smallest absolute Gasteiger partial charge is 0.404 e. The van der Waals surface area contributed by atoms with Gasteiger partial charge in [-0.3, -0.25) is 4.72 Å². The summed E-state index contributed by atoms with van der Waals surface area (Å²) >= 11 is 0. The molecule has 0 spiro atoms. The van der Waals surface area contributed by atoms with Gasteiger partial charge in [-0.25, -0.2) is 23.2 Å². The predicted molar refractivity (Wildman–Crippen MR) is 163 cm³/mol. The number of nitrogens with zero attached hydrogens (tertiary/aromatic N) is 3. The van der Waals surface area contributed by atoms with Gasteiger partial charge >= 0.3 is 6.09 Å². The molecule has 0 bridgehead atoms. The average molecular weight is 607 g/mol. The summed E-state index contributed by atoms with van der Waals surface area (Å²) in [6, 6.07) is 13.8. The molecule has 1 aliphatic rings. The van der Waals surface area contributed by atoms with E-state index in [4.69, 9.17) is 19.6 Å². The van der Waals surface area contributed by atoms with E-state index in [9.17, 15) is 13.2 Å². The second-order valence-corrected chi connectivity index (χ2v) is 11.9. The van der Waals surface area contributed by atoms with Crippen LogP contribution in [0.15, 0.2) is 59.6 Å². The second-order valence-electron chi connectivity index (χ2n) is 10.3. The first-order valence-electron chi connectivity index (χ1n) is 14.0. The summed E-state index contributed by atoms with van der Waals surface area (Å²) in [5.41, 5.74) is 3.36. The molecule has 2 aromatic carbocycles. The molecular formula is C30H34N6O6S. The van der Waals surface area contributed by atoms with Gasteiger partial charge in [-0.15, -0.1) is 0 Å². The molecule has 13 heteroatoms. The van der Waals surface area contributed by atoms with Crippen molar-refractivity contribution in [3.05, 3.63) is 60.3 Å². The summed E-state index contributed by atoms with van der Waals surface area (Å²) in [5.74, 6) is 1.13. The molecule has 0 radical (unpaired) electrons. The topological polar surface area (TPSA) is 165 Å². The molecule has 0 atom stereocenters. The van der Waals surface area contributed by atoms with E-state index < -0.39 is 16.1 Å². The Hall–Kier alpha value is -4.65. The number of para-hydroxylation sites is 1. The van der Waals surface area contributed by atoms with Crippen LogP contribution in [0.1, 0.15) is 38.2 Å². The third-order valence-electron chi connectivity index (χ3n) is 7.49. The summed E-state index contributed by atoms with van der Waals surface area (Å²) in [6.45, 7) is 2.05. The van der Waals surface area contributed by atoms with Crippen LogP contribution < -0.4 is 24.8 Å². The van der Waals surface area contributed by atoms with Crippen LogP contribution >= 0.6 is 0 Å². The molecule has 226 valence electrons. The van der Waals surface area contributed by atoms with Crippen molar-refractivity contribution in [2.75, 3.05) is 24.3 Å². The number of carbonyl (C=O) groups is 1. The number of methoxy groups -OCH3 is 2. The number of benzene rings is 2.